The van der Waals surface area contributed by atoms with Crippen LogP contribution in [0.5, 0.6) is 0 Å². The molecule has 0 aromatic carbocycles. The summed E-state index contributed by atoms with van der Waals surface area (Å²) in [6.07, 6.45) is 4.40. The largest absolute Gasteiger partial charge is 0.396 e. The minimum absolute atomic E-state index is 0.268. The van der Waals surface area contributed by atoms with Crippen molar-refractivity contribution in [3.8, 4) is 0 Å². The van der Waals surface area contributed by atoms with Crippen molar-refractivity contribution >= 4 is 11.6 Å². The molecule has 0 fully saturated rings. The fraction of sp³-hybridized carbons (Fsp3) is 0.600. The van der Waals surface area contributed by atoms with Crippen LogP contribution in [-0.4, -0.2) is 35.3 Å². The van der Waals surface area contributed by atoms with Crippen LogP contribution in [0, 0.1) is 0 Å². The number of nitrogens with two attached hydrogens (primary N) is 1. The van der Waals surface area contributed by atoms with E-state index in [0.29, 0.717) is 5.82 Å². The number of unbranched alkanes of at least 4 members (excludes halogenated alkanes) is 2. The molecule has 0 amide bonds. The zero-order valence-electron chi connectivity index (χ0n) is 9.06. The lowest BCUT2D eigenvalue weighted by atomic mass is 10.2. The van der Waals surface area contributed by atoms with Gasteiger partial charge in [0.05, 0.1) is 0 Å². The monoisotopic (exact) mass is 210 g/mol. The second kappa shape index (κ2) is 6.19. The van der Waals surface area contributed by atoms with Crippen LogP contribution in [-0.2, 0) is 0 Å². The molecule has 0 aliphatic rings. The third kappa shape index (κ3) is 4.12. The van der Waals surface area contributed by atoms with Crippen LogP contribution < -0.4 is 10.6 Å². The number of hydrogen-bond acceptors (Lipinski definition) is 5. The van der Waals surface area contributed by atoms with Crippen molar-refractivity contribution in [3.05, 3.63) is 12.4 Å². The van der Waals surface area contributed by atoms with Crippen LogP contribution in [0.15, 0.2) is 12.4 Å². The number of anilines is 2. The first-order chi connectivity index (χ1) is 7.24. The van der Waals surface area contributed by atoms with Crippen LogP contribution in [0.4, 0.5) is 11.6 Å². The summed E-state index contributed by atoms with van der Waals surface area (Å²) in [6.45, 7) is 1.18. The van der Waals surface area contributed by atoms with E-state index in [-0.39, 0.29) is 6.61 Å². The van der Waals surface area contributed by atoms with Crippen molar-refractivity contribution in [1.82, 2.24) is 9.97 Å². The Morgan fingerprint density at radius 3 is 2.80 bits per heavy atom. The van der Waals surface area contributed by atoms with E-state index in [4.69, 9.17) is 10.8 Å². The van der Waals surface area contributed by atoms with Crippen LogP contribution in [0.25, 0.3) is 0 Å². The average Bonchev–Trinajstić information content (AvgIpc) is 2.24. The van der Waals surface area contributed by atoms with E-state index in [1.807, 2.05) is 11.9 Å². The first kappa shape index (κ1) is 11.7. The number of aliphatic hydroxyl groups excluding tert-OH is 1. The van der Waals surface area contributed by atoms with E-state index in [2.05, 4.69) is 9.97 Å². The number of aromatic nitrogens is 2. The van der Waals surface area contributed by atoms with E-state index in [0.717, 1.165) is 31.6 Å². The highest BCUT2D eigenvalue weighted by molar-refractivity contribution is 5.44. The number of rotatable bonds is 6. The van der Waals surface area contributed by atoms with Crippen LogP contribution in [0.1, 0.15) is 19.3 Å². The lowest BCUT2D eigenvalue weighted by molar-refractivity contribution is 0.283. The highest BCUT2D eigenvalue weighted by Gasteiger charge is 2.02. The number of aliphatic hydroxyl groups is 1. The standard InChI is InChI=1S/C10H18N4O/c1-14(5-3-2-4-6-15)10-7-9(11)12-8-13-10/h7-8,15H,2-6H2,1H3,(H2,11,12,13). The molecular weight excluding hydrogens is 192 g/mol. The Balaban J connectivity index is 2.36. The molecule has 0 atom stereocenters. The van der Waals surface area contributed by atoms with Gasteiger partial charge in [0, 0.05) is 26.3 Å². The molecule has 5 heteroatoms. The van der Waals surface area contributed by atoms with Gasteiger partial charge in [0.15, 0.2) is 0 Å². The van der Waals surface area contributed by atoms with Crippen molar-refractivity contribution in [2.75, 3.05) is 30.8 Å². The highest BCUT2D eigenvalue weighted by Crippen LogP contribution is 2.10. The summed E-state index contributed by atoms with van der Waals surface area (Å²) < 4.78 is 0. The van der Waals surface area contributed by atoms with Crippen molar-refractivity contribution in [1.29, 1.82) is 0 Å². The Bertz CT molecular complexity index is 293. The smallest absolute Gasteiger partial charge is 0.133 e. The molecule has 3 N–H and O–H groups in total. The second-order valence-corrected chi connectivity index (χ2v) is 3.51. The lowest BCUT2D eigenvalue weighted by Crippen LogP contribution is -2.20. The van der Waals surface area contributed by atoms with E-state index in [1.54, 1.807) is 6.07 Å². The molecular formula is C10H18N4O. The Hall–Kier alpha value is -1.36. The zero-order valence-corrected chi connectivity index (χ0v) is 9.06. The van der Waals surface area contributed by atoms with Gasteiger partial charge in [0.1, 0.15) is 18.0 Å². The maximum Gasteiger partial charge on any atom is 0.133 e. The molecule has 0 saturated carbocycles. The number of nitrogen functional groups attached to an aromatic ring is 1. The Morgan fingerprint density at radius 2 is 2.13 bits per heavy atom. The fourth-order valence-corrected chi connectivity index (χ4v) is 1.32. The second-order valence-electron chi connectivity index (χ2n) is 3.51. The molecule has 0 bridgehead atoms. The Morgan fingerprint density at radius 1 is 1.33 bits per heavy atom. The quantitative estimate of drug-likeness (QED) is 0.674. The first-order valence-electron chi connectivity index (χ1n) is 5.13. The lowest BCUT2D eigenvalue weighted by Gasteiger charge is -2.17. The molecule has 0 unspecified atom stereocenters. The van der Waals surface area contributed by atoms with Crippen molar-refractivity contribution in [3.63, 3.8) is 0 Å². The SMILES string of the molecule is CN(CCCCCO)c1cc(N)ncn1. The van der Waals surface area contributed by atoms with E-state index in [1.165, 1.54) is 6.33 Å². The fourth-order valence-electron chi connectivity index (χ4n) is 1.32. The van der Waals surface area contributed by atoms with Gasteiger partial charge < -0.3 is 15.7 Å². The van der Waals surface area contributed by atoms with E-state index < -0.39 is 0 Å². The van der Waals surface area contributed by atoms with Crippen molar-refractivity contribution in [2.24, 2.45) is 0 Å². The van der Waals surface area contributed by atoms with Gasteiger partial charge in [-0.3, -0.25) is 0 Å². The van der Waals surface area contributed by atoms with Crippen LogP contribution >= 0.6 is 0 Å². The maximum atomic E-state index is 8.63. The first-order valence-corrected chi connectivity index (χ1v) is 5.13. The summed E-state index contributed by atoms with van der Waals surface area (Å²) in [5.74, 6) is 1.33. The minimum atomic E-state index is 0.268. The predicted molar refractivity (Wildman–Crippen MR) is 60.7 cm³/mol. The van der Waals surface area contributed by atoms with Gasteiger partial charge in [0.25, 0.3) is 0 Å². The Kier molecular flexibility index (Phi) is 4.83. The number of nitrogens with zero attached hydrogens (tertiary/aromatic N) is 3. The summed E-state index contributed by atoms with van der Waals surface area (Å²) in [5, 5.41) is 8.63. The molecule has 1 aromatic heterocycles. The third-order valence-corrected chi connectivity index (χ3v) is 2.22. The van der Waals surface area contributed by atoms with Gasteiger partial charge in [-0.05, 0) is 19.3 Å². The van der Waals surface area contributed by atoms with Crippen LogP contribution in [0.3, 0.4) is 0 Å². The molecule has 0 aliphatic heterocycles. The van der Waals surface area contributed by atoms with Gasteiger partial charge in [0.2, 0.25) is 0 Å². The summed E-state index contributed by atoms with van der Waals surface area (Å²) in [7, 11) is 1.97. The Labute approximate surface area is 90.0 Å². The van der Waals surface area contributed by atoms with Gasteiger partial charge in [-0.25, -0.2) is 9.97 Å². The molecule has 0 spiro atoms. The molecule has 5 nitrogen and oxygen atoms in total. The molecule has 0 saturated heterocycles. The normalized spacial score (nSPS) is 10.3. The minimum Gasteiger partial charge on any atom is -0.396 e. The summed E-state index contributed by atoms with van der Waals surface area (Å²) in [4.78, 5) is 10.00. The third-order valence-electron chi connectivity index (χ3n) is 2.22. The van der Waals surface area contributed by atoms with E-state index >= 15 is 0 Å². The molecule has 1 heterocycles. The van der Waals surface area contributed by atoms with Crippen LogP contribution in [0.2, 0.25) is 0 Å². The van der Waals surface area contributed by atoms with Crippen molar-refractivity contribution in [2.45, 2.75) is 19.3 Å². The molecule has 0 aliphatic carbocycles. The molecule has 0 radical (unpaired) electrons. The molecule has 15 heavy (non-hydrogen) atoms. The molecule has 1 aromatic rings. The highest BCUT2D eigenvalue weighted by atomic mass is 16.2. The van der Waals surface area contributed by atoms with Gasteiger partial charge in [-0.1, -0.05) is 0 Å². The maximum absolute atomic E-state index is 8.63. The van der Waals surface area contributed by atoms with Crippen molar-refractivity contribution < 1.29 is 5.11 Å². The summed E-state index contributed by atoms with van der Waals surface area (Å²) in [6, 6.07) is 1.76. The zero-order chi connectivity index (χ0) is 11.1. The summed E-state index contributed by atoms with van der Waals surface area (Å²) >= 11 is 0. The molecule has 84 valence electrons. The van der Waals surface area contributed by atoms with E-state index in [9.17, 15) is 0 Å². The topological polar surface area (TPSA) is 75.3 Å². The van der Waals surface area contributed by atoms with Gasteiger partial charge in [-0.15, -0.1) is 0 Å². The predicted octanol–water partition coefficient (Wildman–Crippen LogP) is 0.658. The molecule has 1 rings (SSSR count). The summed E-state index contributed by atoms with van der Waals surface area (Å²) in [5.41, 5.74) is 5.56. The van der Waals surface area contributed by atoms with Gasteiger partial charge >= 0.3 is 0 Å². The van der Waals surface area contributed by atoms with Gasteiger partial charge in [-0.2, -0.15) is 0 Å². The number of hydrogen-bond donors (Lipinski definition) is 2. The average molecular weight is 210 g/mol.